The normalized spacial score (nSPS) is 15.9. The van der Waals surface area contributed by atoms with Gasteiger partial charge >= 0.3 is 5.97 Å². The number of thiophene rings is 1. The summed E-state index contributed by atoms with van der Waals surface area (Å²) in [6.07, 6.45) is -1.12. The van der Waals surface area contributed by atoms with Crippen LogP contribution in [0.2, 0.25) is 0 Å². The molecule has 142 valence electrons. The van der Waals surface area contributed by atoms with Crippen molar-refractivity contribution >= 4 is 39.1 Å². The second kappa shape index (κ2) is 7.49. The van der Waals surface area contributed by atoms with Crippen LogP contribution in [0.5, 0.6) is 0 Å². The smallest absolute Gasteiger partial charge is 0.327 e. The average molecular weight is 408 g/mol. The quantitative estimate of drug-likeness (QED) is 0.718. The van der Waals surface area contributed by atoms with Crippen molar-refractivity contribution in [2.45, 2.75) is 24.5 Å². The van der Waals surface area contributed by atoms with Crippen LogP contribution in [-0.4, -0.2) is 43.2 Å². The van der Waals surface area contributed by atoms with Gasteiger partial charge in [0.2, 0.25) is 0 Å². The third-order valence-electron chi connectivity index (χ3n) is 3.88. The molecule has 0 aliphatic carbocycles. The molecule has 0 bridgehead atoms. The Morgan fingerprint density at radius 1 is 1.22 bits per heavy atom. The van der Waals surface area contributed by atoms with Crippen molar-refractivity contribution < 1.29 is 27.5 Å². The van der Waals surface area contributed by atoms with Crippen LogP contribution in [0, 0.1) is 0 Å². The van der Waals surface area contributed by atoms with Gasteiger partial charge in [-0.05, 0) is 30.5 Å². The first-order valence-electron chi connectivity index (χ1n) is 7.96. The van der Waals surface area contributed by atoms with Gasteiger partial charge in [-0.25, -0.2) is 12.7 Å². The number of amides is 2. The number of hydrogen-bond donors (Lipinski definition) is 1. The van der Waals surface area contributed by atoms with Gasteiger partial charge in [0.05, 0.1) is 12.1 Å². The molecule has 2 aromatic rings. The van der Waals surface area contributed by atoms with Crippen LogP contribution >= 0.6 is 11.3 Å². The predicted octanol–water partition coefficient (Wildman–Crippen LogP) is 1.14. The van der Waals surface area contributed by atoms with E-state index in [1.807, 2.05) is 17.5 Å². The lowest BCUT2D eigenvalue weighted by atomic mass is 10.2. The molecule has 1 atom stereocenters. The molecule has 0 radical (unpaired) electrons. The molecule has 0 saturated heterocycles. The Morgan fingerprint density at radius 2 is 1.96 bits per heavy atom. The van der Waals surface area contributed by atoms with Crippen molar-refractivity contribution in [2.75, 3.05) is 6.54 Å². The van der Waals surface area contributed by atoms with Gasteiger partial charge in [0.25, 0.3) is 21.8 Å². The molecule has 27 heavy (non-hydrogen) atoms. The van der Waals surface area contributed by atoms with Crippen molar-refractivity contribution in [3.05, 3.63) is 52.2 Å². The van der Waals surface area contributed by atoms with Gasteiger partial charge in [-0.1, -0.05) is 18.2 Å². The Balaban J connectivity index is 1.59. The molecule has 2 heterocycles. The summed E-state index contributed by atoms with van der Waals surface area (Å²) in [5, 5.41) is 4.49. The van der Waals surface area contributed by atoms with Crippen LogP contribution < -0.4 is 5.32 Å². The summed E-state index contributed by atoms with van der Waals surface area (Å²) < 4.78 is 30.2. The highest BCUT2D eigenvalue weighted by Gasteiger charge is 2.42. The molecular weight excluding hydrogens is 392 g/mol. The van der Waals surface area contributed by atoms with E-state index in [1.165, 1.54) is 42.5 Å². The highest BCUT2D eigenvalue weighted by Crippen LogP contribution is 2.29. The summed E-state index contributed by atoms with van der Waals surface area (Å²) in [6, 6.07) is 9.40. The first kappa shape index (κ1) is 19.1. The molecule has 1 aliphatic heterocycles. The maximum Gasteiger partial charge on any atom is 0.327 e. The summed E-state index contributed by atoms with van der Waals surface area (Å²) in [7, 11) is -4.10. The first-order chi connectivity index (χ1) is 12.8. The molecule has 0 saturated carbocycles. The molecule has 0 spiro atoms. The maximum atomic E-state index is 12.4. The molecule has 1 aromatic carbocycles. The Hall–Kier alpha value is -2.72. The minimum atomic E-state index is -4.10. The van der Waals surface area contributed by atoms with Gasteiger partial charge in [0, 0.05) is 4.88 Å². The number of esters is 1. The van der Waals surface area contributed by atoms with E-state index in [1.54, 1.807) is 0 Å². The Bertz CT molecular complexity index is 985. The van der Waals surface area contributed by atoms with Gasteiger partial charge in [0.15, 0.2) is 6.10 Å². The van der Waals surface area contributed by atoms with Crippen LogP contribution in [-0.2, 0) is 30.9 Å². The zero-order valence-electron chi connectivity index (χ0n) is 14.2. The Labute approximate surface area is 159 Å². The number of sulfonamides is 1. The lowest BCUT2D eigenvalue weighted by Crippen LogP contribution is -2.40. The molecular formula is C17H16N2O6S2. The molecule has 0 fully saturated rings. The fraction of sp³-hybridized carbons (Fsp3) is 0.235. The zero-order chi connectivity index (χ0) is 19.6. The van der Waals surface area contributed by atoms with Crippen molar-refractivity contribution in [2.24, 2.45) is 0 Å². The summed E-state index contributed by atoms with van der Waals surface area (Å²) in [5.41, 5.74) is 0.00652. The van der Waals surface area contributed by atoms with Gasteiger partial charge in [0.1, 0.15) is 11.4 Å². The average Bonchev–Trinajstić information content (AvgIpc) is 3.22. The van der Waals surface area contributed by atoms with E-state index in [0.29, 0.717) is 10.8 Å². The van der Waals surface area contributed by atoms with Crippen LogP contribution in [0.25, 0.3) is 0 Å². The number of rotatable bonds is 6. The van der Waals surface area contributed by atoms with E-state index in [2.05, 4.69) is 5.32 Å². The van der Waals surface area contributed by atoms with E-state index in [-0.39, 0.29) is 10.5 Å². The number of hydrogen-bond acceptors (Lipinski definition) is 7. The number of fused-ring (bicyclic) bond motifs is 1. The molecule has 10 heteroatoms. The number of nitrogens with zero attached hydrogens (tertiary/aromatic N) is 1. The minimum Gasteiger partial charge on any atom is -0.451 e. The van der Waals surface area contributed by atoms with Crippen LogP contribution in [0.15, 0.2) is 46.7 Å². The summed E-state index contributed by atoms with van der Waals surface area (Å²) in [4.78, 5) is 37.1. The van der Waals surface area contributed by atoms with Crippen molar-refractivity contribution in [3.63, 3.8) is 0 Å². The number of carbonyl (C=O) groups is 3. The molecule has 1 aromatic heterocycles. The third kappa shape index (κ3) is 3.86. The number of nitrogens with one attached hydrogen (secondary N) is 1. The molecule has 3 rings (SSSR count). The highest BCUT2D eigenvalue weighted by atomic mass is 32.2. The van der Waals surface area contributed by atoms with Crippen molar-refractivity contribution in [1.82, 2.24) is 9.62 Å². The van der Waals surface area contributed by atoms with Gasteiger partial charge < -0.3 is 10.1 Å². The molecule has 1 N–H and O–H groups in total. The third-order valence-corrected chi connectivity index (χ3v) is 6.54. The largest absolute Gasteiger partial charge is 0.451 e. The minimum absolute atomic E-state index is 0.00652. The fourth-order valence-electron chi connectivity index (χ4n) is 2.52. The second-order valence-corrected chi connectivity index (χ2v) is 8.61. The van der Waals surface area contributed by atoms with Crippen LogP contribution in [0.3, 0.4) is 0 Å². The van der Waals surface area contributed by atoms with Crippen LogP contribution in [0.4, 0.5) is 0 Å². The summed E-state index contributed by atoms with van der Waals surface area (Å²) in [6.45, 7) is 0.877. The topological polar surface area (TPSA) is 110 Å². The lowest BCUT2D eigenvalue weighted by molar-refractivity contribution is -0.154. The van der Waals surface area contributed by atoms with Gasteiger partial charge in [-0.15, -0.1) is 11.3 Å². The predicted molar refractivity (Wildman–Crippen MR) is 96.4 cm³/mol. The van der Waals surface area contributed by atoms with E-state index in [4.69, 9.17) is 4.74 Å². The number of benzene rings is 1. The number of carbonyl (C=O) groups excluding carboxylic acids is 3. The van der Waals surface area contributed by atoms with E-state index < -0.39 is 40.5 Å². The highest BCUT2D eigenvalue weighted by molar-refractivity contribution is 7.90. The Kier molecular flexibility index (Phi) is 5.29. The van der Waals surface area contributed by atoms with Gasteiger partial charge in [-0.3, -0.25) is 14.4 Å². The van der Waals surface area contributed by atoms with Crippen molar-refractivity contribution in [1.29, 1.82) is 0 Å². The molecule has 1 aliphatic rings. The molecule has 1 unspecified atom stereocenters. The molecule has 2 amide bonds. The van der Waals surface area contributed by atoms with Crippen LogP contribution in [0.1, 0.15) is 22.2 Å². The second-order valence-electron chi connectivity index (χ2n) is 5.74. The van der Waals surface area contributed by atoms with Crippen molar-refractivity contribution in [3.8, 4) is 0 Å². The van der Waals surface area contributed by atoms with Gasteiger partial charge in [-0.2, -0.15) is 0 Å². The van der Waals surface area contributed by atoms with E-state index in [0.717, 1.165) is 4.88 Å². The van der Waals surface area contributed by atoms with E-state index >= 15 is 0 Å². The number of ether oxygens (including phenoxy) is 1. The van der Waals surface area contributed by atoms with E-state index in [9.17, 15) is 22.8 Å². The summed E-state index contributed by atoms with van der Waals surface area (Å²) >= 11 is 1.47. The fourth-order valence-corrected chi connectivity index (χ4v) is 4.68. The standard InChI is InChI=1S/C17H16N2O6S2/c1-11(16(21)18-9-12-5-4-8-26-12)25-15(20)10-19-17(22)13-6-2-3-7-14(13)27(19,23)24/h2-8,11H,9-10H2,1H3,(H,18,21). The lowest BCUT2D eigenvalue weighted by Gasteiger charge is -2.17. The molecule has 8 nitrogen and oxygen atoms in total. The monoisotopic (exact) mass is 408 g/mol. The first-order valence-corrected chi connectivity index (χ1v) is 10.3. The zero-order valence-corrected chi connectivity index (χ0v) is 15.9. The SMILES string of the molecule is CC(OC(=O)CN1C(=O)c2ccccc2S1(=O)=O)C(=O)NCc1cccs1. The summed E-state index contributed by atoms with van der Waals surface area (Å²) in [5.74, 6) is -2.30. The Morgan fingerprint density at radius 3 is 2.63 bits per heavy atom. The maximum absolute atomic E-state index is 12.4.